The first-order valence-corrected chi connectivity index (χ1v) is 8.70. The van der Waals surface area contributed by atoms with E-state index in [2.05, 4.69) is 11.4 Å². The molecule has 4 nitrogen and oxygen atoms in total. The minimum absolute atomic E-state index is 0.0257. The van der Waals surface area contributed by atoms with Gasteiger partial charge in [0, 0.05) is 6.54 Å². The van der Waals surface area contributed by atoms with E-state index in [9.17, 15) is 4.79 Å². The maximum absolute atomic E-state index is 11.9. The molecular formula is C23H20N2O2. The Morgan fingerprint density at radius 2 is 1.52 bits per heavy atom. The monoisotopic (exact) mass is 356 g/mol. The Kier molecular flexibility index (Phi) is 5.86. The van der Waals surface area contributed by atoms with E-state index >= 15 is 0 Å². The predicted molar refractivity (Wildman–Crippen MR) is 105 cm³/mol. The van der Waals surface area contributed by atoms with Gasteiger partial charge < -0.3 is 10.1 Å². The van der Waals surface area contributed by atoms with E-state index in [1.54, 1.807) is 12.1 Å². The fraction of sp³-hybridized carbons (Fsp3) is 0.130. The molecule has 0 radical (unpaired) electrons. The number of carbonyl (C=O) groups excluding carboxylic acids is 1. The third kappa shape index (κ3) is 5.20. The third-order valence-electron chi connectivity index (χ3n) is 4.18. The Balaban J connectivity index is 1.49. The highest BCUT2D eigenvalue weighted by atomic mass is 16.5. The molecule has 0 spiro atoms. The molecule has 1 N–H and O–H groups in total. The fourth-order valence-electron chi connectivity index (χ4n) is 2.59. The van der Waals surface area contributed by atoms with Gasteiger partial charge in [0.25, 0.3) is 5.91 Å². The van der Waals surface area contributed by atoms with E-state index in [1.807, 2.05) is 67.6 Å². The molecule has 4 heteroatoms. The fourth-order valence-corrected chi connectivity index (χ4v) is 2.59. The average molecular weight is 356 g/mol. The van der Waals surface area contributed by atoms with Crippen LogP contribution in [0.4, 0.5) is 0 Å². The first-order valence-electron chi connectivity index (χ1n) is 8.70. The summed E-state index contributed by atoms with van der Waals surface area (Å²) in [4.78, 5) is 11.9. The zero-order valence-corrected chi connectivity index (χ0v) is 15.1. The SMILES string of the molecule is Cc1ccc(CNC(=O)COc2ccc(-c3ccc(C#N)cc3)cc2)cc1. The predicted octanol–water partition coefficient (Wildman–Crippen LogP) is 4.23. The number of hydrogen-bond donors (Lipinski definition) is 1. The van der Waals surface area contributed by atoms with E-state index in [4.69, 9.17) is 10.00 Å². The highest BCUT2D eigenvalue weighted by Gasteiger charge is 2.04. The van der Waals surface area contributed by atoms with Crippen molar-refractivity contribution in [2.45, 2.75) is 13.5 Å². The summed E-state index contributed by atoms with van der Waals surface area (Å²) in [6.07, 6.45) is 0. The molecule has 3 aromatic carbocycles. The first kappa shape index (κ1) is 18.2. The molecule has 0 aliphatic carbocycles. The number of carbonyl (C=O) groups is 1. The van der Waals surface area contributed by atoms with Crippen molar-refractivity contribution in [3.8, 4) is 22.9 Å². The summed E-state index contributed by atoms with van der Waals surface area (Å²) in [7, 11) is 0. The number of nitrogens with zero attached hydrogens (tertiary/aromatic N) is 1. The van der Waals surface area contributed by atoms with E-state index in [0.29, 0.717) is 17.9 Å². The number of aryl methyl sites for hydroxylation is 1. The van der Waals surface area contributed by atoms with Crippen LogP contribution in [0.5, 0.6) is 5.75 Å². The van der Waals surface area contributed by atoms with Crippen molar-refractivity contribution >= 4 is 5.91 Å². The number of amides is 1. The van der Waals surface area contributed by atoms with Crippen molar-refractivity contribution < 1.29 is 9.53 Å². The Morgan fingerprint density at radius 3 is 2.11 bits per heavy atom. The van der Waals surface area contributed by atoms with Gasteiger partial charge in [0.2, 0.25) is 0 Å². The lowest BCUT2D eigenvalue weighted by Crippen LogP contribution is -2.28. The second-order valence-corrected chi connectivity index (χ2v) is 6.26. The van der Waals surface area contributed by atoms with Crippen LogP contribution in [0.2, 0.25) is 0 Å². The second-order valence-electron chi connectivity index (χ2n) is 6.26. The molecule has 0 saturated carbocycles. The molecule has 0 saturated heterocycles. The minimum atomic E-state index is -0.160. The number of benzene rings is 3. The van der Waals surface area contributed by atoms with Gasteiger partial charge in [0.15, 0.2) is 6.61 Å². The topological polar surface area (TPSA) is 62.1 Å². The summed E-state index contributed by atoms with van der Waals surface area (Å²) in [5.41, 5.74) is 4.93. The second kappa shape index (κ2) is 8.68. The van der Waals surface area contributed by atoms with Crippen molar-refractivity contribution in [1.29, 1.82) is 5.26 Å². The number of nitrogens with one attached hydrogen (secondary N) is 1. The molecule has 0 unspecified atom stereocenters. The Hall–Kier alpha value is -3.58. The molecule has 0 aliphatic rings. The van der Waals surface area contributed by atoms with Crippen LogP contribution < -0.4 is 10.1 Å². The maximum atomic E-state index is 11.9. The van der Waals surface area contributed by atoms with Crippen LogP contribution in [0.25, 0.3) is 11.1 Å². The minimum Gasteiger partial charge on any atom is -0.484 e. The van der Waals surface area contributed by atoms with Gasteiger partial charge in [-0.25, -0.2) is 0 Å². The van der Waals surface area contributed by atoms with E-state index in [1.165, 1.54) is 5.56 Å². The molecule has 0 aromatic heterocycles. The van der Waals surface area contributed by atoms with Gasteiger partial charge in [-0.1, -0.05) is 54.1 Å². The van der Waals surface area contributed by atoms with Gasteiger partial charge >= 0.3 is 0 Å². The molecule has 1 amide bonds. The highest BCUT2D eigenvalue weighted by molar-refractivity contribution is 5.77. The number of hydrogen-bond acceptors (Lipinski definition) is 3. The summed E-state index contributed by atoms with van der Waals surface area (Å²) in [5.74, 6) is 0.477. The van der Waals surface area contributed by atoms with Gasteiger partial charge in [0.1, 0.15) is 5.75 Å². The van der Waals surface area contributed by atoms with Crippen LogP contribution in [-0.4, -0.2) is 12.5 Å². The molecule has 0 atom stereocenters. The van der Waals surface area contributed by atoms with Crippen molar-refractivity contribution in [1.82, 2.24) is 5.32 Å². The molecule has 27 heavy (non-hydrogen) atoms. The summed E-state index contributed by atoms with van der Waals surface area (Å²) in [6, 6.07) is 25.1. The van der Waals surface area contributed by atoms with E-state index < -0.39 is 0 Å². The maximum Gasteiger partial charge on any atom is 0.258 e. The van der Waals surface area contributed by atoms with Crippen molar-refractivity contribution in [2.24, 2.45) is 0 Å². The molecule has 0 fully saturated rings. The molecule has 0 aliphatic heterocycles. The van der Waals surface area contributed by atoms with Crippen LogP contribution in [0.1, 0.15) is 16.7 Å². The van der Waals surface area contributed by atoms with Crippen molar-refractivity contribution in [3.05, 3.63) is 89.5 Å². The van der Waals surface area contributed by atoms with E-state index in [0.717, 1.165) is 16.7 Å². The van der Waals surface area contributed by atoms with Crippen molar-refractivity contribution in [2.75, 3.05) is 6.61 Å². The zero-order valence-electron chi connectivity index (χ0n) is 15.1. The standard InChI is InChI=1S/C23H20N2O2/c1-17-2-4-19(5-3-17)15-25-23(26)16-27-22-12-10-21(11-13-22)20-8-6-18(14-24)7-9-20/h2-13H,15-16H2,1H3,(H,25,26). The van der Waals surface area contributed by atoms with Gasteiger partial charge in [-0.3, -0.25) is 4.79 Å². The lowest BCUT2D eigenvalue weighted by molar-refractivity contribution is -0.123. The lowest BCUT2D eigenvalue weighted by Gasteiger charge is -2.09. The smallest absolute Gasteiger partial charge is 0.258 e. The van der Waals surface area contributed by atoms with Crippen LogP contribution in [0, 0.1) is 18.3 Å². The highest BCUT2D eigenvalue weighted by Crippen LogP contribution is 2.22. The van der Waals surface area contributed by atoms with Crippen LogP contribution in [0.15, 0.2) is 72.8 Å². The van der Waals surface area contributed by atoms with Gasteiger partial charge in [-0.2, -0.15) is 5.26 Å². The van der Waals surface area contributed by atoms with Crippen LogP contribution >= 0.6 is 0 Å². The Bertz CT molecular complexity index is 938. The van der Waals surface area contributed by atoms with Gasteiger partial charge in [-0.05, 0) is 47.9 Å². The Labute approximate surface area is 159 Å². The summed E-state index contributed by atoms with van der Waals surface area (Å²) >= 11 is 0. The summed E-state index contributed by atoms with van der Waals surface area (Å²) < 4.78 is 5.55. The number of rotatable bonds is 6. The Morgan fingerprint density at radius 1 is 0.926 bits per heavy atom. The lowest BCUT2D eigenvalue weighted by atomic mass is 10.0. The normalized spacial score (nSPS) is 10.1. The summed E-state index contributed by atoms with van der Waals surface area (Å²) in [5, 5.41) is 11.7. The van der Waals surface area contributed by atoms with Gasteiger partial charge in [0.05, 0.1) is 11.6 Å². The summed E-state index contributed by atoms with van der Waals surface area (Å²) in [6.45, 7) is 2.49. The first-order chi connectivity index (χ1) is 13.1. The van der Waals surface area contributed by atoms with Crippen molar-refractivity contribution in [3.63, 3.8) is 0 Å². The number of nitriles is 1. The van der Waals surface area contributed by atoms with Crippen LogP contribution in [-0.2, 0) is 11.3 Å². The molecule has 3 aromatic rings. The van der Waals surface area contributed by atoms with Crippen LogP contribution in [0.3, 0.4) is 0 Å². The van der Waals surface area contributed by atoms with Gasteiger partial charge in [-0.15, -0.1) is 0 Å². The number of ether oxygens (including phenoxy) is 1. The molecule has 134 valence electrons. The molecule has 0 bridgehead atoms. The van der Waals surface area contributed by atoms with E-state index in [-0.39, 0.29) is 12.5 Å². The molecular weight excluding hydrogens is 336 g/mol. The average Bonchev–Trinajstić information content (AvgIpc) is 2.72. The largest absolute Gasteiger partial charge is 0.484 e. The quantitative estimate of drug-likeness (QED) is 0.719. The molecule has 0 heterocycles. The third-order valence-corrected chi connectivity index (χ3v) is 4.18. The zero-order chi connectivity index (χ0) is 19.1. The molecule has 3 rings (SSSR count).